The van der Waals surface area contributed by atoms with Gasteiger partial charge in [-0.2, -0.15) is 0 Å². The Kier molecular flexibility index (Phi) is 7.32. The molecule has 0 aromatic rings. The molecule has 0 unspecified atom stereocenters. The Morgan fingerprint density at radius 2 is 1.68 bits per heavy atom. The summed E-state index contributed by atoms with van der Waals surface area (Å²) in [6.45, 7) is 15.8. The Bertz CT molecular complexity index is 878. The number of hydrogen-bond donors (Lipinski definition) is 0. The number of Topliss-reactive ketones (excluding diaryl/α,β-unsaturated/α-hetero) is 1. The average Bonchev–Trinajstić information content (AvgIpc) is 3.08. The molecule has 8 atom stereocenters. The molecule has 0 N–H and O–H groups in total. The van der Waals surface area contributed by atoms with Gasteiger partial charge in [-0.1, -0.05) is 20.4 Å². The lowest BCUT2D eigenvalue weighted by Crippen LogP contribution is -2.63. The van der Waals surface area contributed by atoms with E-state index in [0.717, 1.165) is 0 Å². The maximum atomic E-state index is 12.8. The lowest BCUT2D eigenvalue weighted by atomic mass is 9.56. The highest BCUT2D eigenvalue weighted by Crippen LogP contribution is 2.58. The van der Waals surface area contributed by atoms with Crippen LogP contribution in [-0.4, -0.2) is 53.2 Å². The van der Waals surface area contributed by atoms with Crippen LogP contribution in [0, 0.1) is 23.7 Å². The number of fused-ring (bicyclic) bond motifs is 5. The summed E-state index contributed by atoms with van der Waals surface area (Å²) in [6.07, 6.45) is -0.483. The van der Waals surface area contributed by atoms with Crippen LogP contribution in [-0.2, 0) is 38.1 Å². The molecule has 0 aromatic heterocycles. The molecule has 0 radical (unpaired) electrons. The van der Waals surface area contributed by atoms with Crippen molar-refractivity contribution in [2.24, 2.45) is 23.7 Å². The van der Waals surface area contributed by atoms with Gasteiger partial charge in [0.25, 0.3) is 0 Å². The van der Waals surface area contributed by atoms with E-state index in [4.69, 9.17) is 18.9 Å². The van der Waals surface area contributed by atoms with E-state index >= 15 is 0 Å². The number of rotatable bonds is 4. The van der Waals surface area contributed by atoms with Crippen molar-refractivity contribution in [1.29, 1.82) is 0 Å². The van der Waals surface area contributed by atoms with Gasteiger partial charge in [-0.05, 0) is 44.1 Å². The van der Waals surface area contributed by atoms with Crippen molar-refractivity contribution >= 4 is 23.7 Å². The van der Waals surface area contributed by atoms with E-state index in [1.807, 2.05) is 6.92 Å². The Balaban J connectivity index is 2.21. The zero-order valence-corrected chi connectivity index (χ0v) is 21.3. The number of carbonyl (C=O) groups is 4. The molecule has 190 valence electrons. The van der Waals surface area contributed by atoms with Crippen LogP contribution in [0.15, 0.2) is 12.2 Å². The summed E-state index contributed by atoms with van der Waals surface area (Å²) in [5.74, 6) is -1.84. The minimum absolute atomic E-state index is 0.0336. The van der Waals surface area contributed by atoms with Gasteiger partial charge in [-0.25, -0.2) is 0 Å². The highest BCUT2D eigenvalue weighted by atomic mass is 16.6. The fourth-order valence-electron chi connectivity index (χ4n) is 6.62. The third-order valence-corrected chi connectivity index (χ3v) is 7.97. The monoisotopic (exact) mass is 478 g/mol. The Labute approximate surface area is 201 Å². The second kappa shape index (κ2) is 9.44. The topological polar surface area (TPSA) is 105 Å². The van der Waals surface area contributed by atoms with E-state index in [9.17, 15) is 19.2 Å². The molecular formula is C26H38O8. The summed E-state index contributed by atoms with van der Waals surface area (Å²) in [5, 5.41) is 0. The first kappa shape index (κ1) is 26.4. The summed E-state index contributed by atoms with van der Waals surface area (Å²) in [4.78, 5) is 49.3. The van der Waals surface area contributed by atoms with Crippen molar-refractivity contribution in [3.05, 3.63) is 12.2 Å². The summed E-state index contributed by atoms with van der Waals surface area (Å²) in [6, 6.07) is 0. The van der Waals surface area contributed by atoms with Gasteiger partial charge >= 0.3 is 17.9 Å². The summed E-state index contributed by atoms with van der Waals surface area (Å²) in [5.41, 5.74) is -1.81. The van der Waals surface area contributed by atoms with E-state index in [1.165, 1.54) is 20.8 Å². The molecule has 0 aromatic carbocycles. The molecule has 8 heteroatoms. The SMILES string of the molecule is C=C1C[C@@H]2O[C@@H]([C@@H]3[C@H]2[C@@](C)(OC(C)=O)[C@H](OC(C)=O)C[C@H]3C(C)C)[C@@](C)(OC(C)=O)CCC1=O. The number of ether oxygens (including phenoxy) is 4. The third-order valence-electron chi connectivity index (χ3n) is 7.97. The minimum atomic E-state index is -1.19. The molecule has 2 heterocycles. The molecule has 1 aliphatic carbocycles. The van der Waals surface area contributed by atoms with E-state index in [0.29, 0.717) is 18.4 Å². The molecule has 2 bridgehead atoms. The van der Waals surface area contributed by atoms with Crippen LogP contribution in [0.1, 0.15) is 74.1 Å². The Hall–Kier alpha value is -2.22. The van der Waals surface area contributed by atoms with E-state index < -0.39 is 53.3 Å². The predicted octanol–water partition coefficient (Wildman–Crippen LogP) is 3.55. The van der Waals surface area contributed by atoms with Crippen LogP contribution in [0.25, 0.3) is 0 Å². The Morgan fingerprint density at radius 1 is 1.06 bits per heavy atom. The molecule has 3 rings (SSSR count). The van der Waals surface area contributed by atoms with Gasteiger partial charge in [0.15, 0.2) is 11.4 Å². The molecule has 34 heavy (non-hydrogen) atoms. The molecule has 3 fully saturated rings. The van der Waals surface area contributed by atoms with Gasteiger partial charge in [0.05, 0.1) is 6.10 Å². The fourth-order valence-corrected chi connectivity index (χ4v) is 6.62. The number of hydrogen-bond acceptors (Lipinski definition) is 8. The summed E-state index contributed by atoms with van der Waals surface area (Å²) in [7, 11) is 0. The van der Waals surface area contributed by atoms with Crippen molar-refractivity contribution < 1.29 is 38.1 Å². The van der Waals surface area contributed by atoms with Crippen LogP contribution in [0.5, 0.6) is 0 Å². The summed E-state index contributed by atoms with van der Waals surface area (Å²) < 4.78 is 24.2. The summed E-state index contributed by atoms with van der Waals surface area (Å²) >= 11 is 0. The standard InChI is InChI=1S/C26H38O8/c1-13(2)18-12-21(31-15(4)27)26(8,34-17(6)29)23-20-11-14(3)19(30)9-10-25(7,33-16(5)28)24(32-20)22(18)23/h13,18,20-24H,3,9-12H2,1-2,4-8H3/t18-,20-,21+,22-,23-,24-,25-,26-/m0/s1. The van der Waals surface area contributed by atoms with E-state index in [1.54, 1.807) is 6.92 Å². The fraction of sp³-hybridized carbons (Fsp3) is 0.769. The van der Waals surface area contributed by atoms with Gasteiger partial charge in [0.2, 0.25) is 0 Å². The van der Waals surface area contributed by atoms with Crippen molar-refractivity contribution in [2.75, 3.05) is 0 Å². The first-order chi connectivity index (χ1) is 15.7. The smallest absolute Gasteiger partial charge is 0.303 e. The second-order valence-electron chi connectivity index (χ2n) is 10.9. The number of ketones is 1. The van der Waals surface area contributed by atoms with Crippen molar-refractivity contribution in [1.82, 2.24) is 0 Å². The van der Waals surface area contributed by atoms with Crippen LogP contribution in [0.2, 0.25) is 0 Å². The minimum Gasteiger partial charge on any atom is -0.458 e. The molecular weight excluding hydrogens is 440 g/mol. The lowest BCUT2D eigenvalue weighted by molar-refractivity contribution is -0.215. The van der Waals surface area contributed by atoms with Gasteiger partial charge < -0.3 is 18.9 Å². The predicted molar refractivity (Wildman–Crippen MR) is 122 cm³/mol. The molecule has 1 saturated carbocycles. The van der Waals surface area contributed by atoms with Crippen LogP contribution < -0.4 is 0 Å². The molecule has 0 amide bonds. The Morgan fingerprint density at radius 3 is 2.21 bits per heavy atom. The molecule has 2 aliphatic heterocycles. The van der Waals surface area contributed by atoms with Crippen molar-refractivity contribution in [2.45, 2.75) is 104 Å². The molecule has 3 aliphatic rings. The average molecular weight is 479 g/mol. The van der Waals surface area contributed by atoms with Gasteiger partial charge in [-0.3, -0.25) is 19.2 Å². The van der Waals surface area contributed by atoms with E-state index in [2.05, 4.69) is 20.4 Å². The first-order valence-corrected chi connectivity index (χ1v) is 12.1. The van der Waals surface area contributed by atoms with E-state index in [-0.39, 0.29) is 36.4 Å². The molecule has 0 spiro atoms. The normalized spacial score (nSPS) is 40.0. The second-order valence-corrected chi connectivity index (χ2v) is 10.9. The largest absolute Gasteiger partial charge is 0.458 e. The molecule has 2 saturated heterocycles. The zero-order chi connectivity index (χ0) is 25.6. The van der Waals surface area contributed by atoms with Gasteiger partial charge in [-0.15, -0.1) is 0 Å². The highest BCUT2D eigenvalue weighted by Gasteiger charge is 2.67. The van der Waals surface area contributed by atoms with Crippen molar-refractivity contribution in [3.8, 4) is 0 Å². The van der Waals surface area contributed by atoms with Gasteiger partial charge in [0.1, 0.15) is 17.8 Å². The lowest BCUT2D eigenvalue weighted by Gasteiger charge is -2.53. The number of esters is 3. The molecule has 8 nitrogen and oxygen atoms in total. The number of carbonyl (C=O) groups excluding carboxylic acids is 4. The maximum absolute atomic E-state index is 12.8. The van der Waals surface area contributed by atoms with Gasteiger partial charge in [0, 0.05) is 45.4 Å². The van der Waals surface area contributed by atoms with Crippen LogP contribution >= 0.6 is 0 Å². The van der Waals surface area contributed by atoms with Crippen LogP contribution in [0.3, 0.4) is 0 Å². The first-order valence-electron chi connectivity index (χ1n) is 12.1. The maximum Gasteiger partial charge on any atom is 0.303 e. The van der Waals surface area contributed by atoms with Crippen molar-refractivity contribution in [3.63, 3.8) is 0 Å². The van der Waals surface area contributed by atoms with Crippen LogP contribution in [0.4, 0.5) is 0 Å². The quantitative estimate of drug-likeness (QED) is 0.343. The zero-order valence-electron chi connectivity index (χ0n) is 21.3. The highest BCUT2D eigenvalue weighted by molar-refractivity contribution is 5.94. The third kappa shape index (κ3) is 4.79.